The molecule has 3 N–H and O–H groups in total. The van der Waals surface area contributed by atoms with Crippen molar-refractivity contribution >= 4 is 11.8 Å². The van der Waals surface area contributed by atoms with Crippen molar-refractivity contribution in [3.05, 3.63) is 47.8 Å². The first-order valence-electron chi connectivity index (χ1n) is 5.35. The van der Waals surface area contributed by atoms with Crippen molar-refractivity contribution < 1.29 is 0 Å². The van der Waals surface area contributed by atoms with Crippen molar-refractivity contribution in [2.24, 2.45) is 12.9 Å². The largest absolute Gasteiger partial charge is 0.275 e. The van der Waals surface area contributed by atoms with Gasteiger partial charge in [-0.1, -0.05) is 18.2 Å². The van der Waals surface area contributed by atoms with E-state index in [1.54, 1.807) is 16.4 Å². The van der Waals surface area contributed by atoms with E-state index in [0.717, 1.165) is 11.3 Å². The van der Waals surface area contributed by atoms with Gasteiger partial charge in [0.2, 0.25) is 0 Å². The van der Waals surface area contributed by atoms with Crippen LogP contribution in [0.1, 0.15) is 17.3 Å². The minimum Gasteiger partial charge on any atom is -0.275 e. The van der Waals surface area contributed by atoms with Crippen molar-refractivity contribution in [3.63, 3.8) is 0 Å². The predicted octanol–water partition coefficient (Wildman–Crippen LogP) is 1.69. The lowest BCUT2D eigenvalue weighted by molar-refractivity contribution is 0.596. The molecule has 1 atom stereocenters. The van der Waals surface area contributed by atoms with E-state index in [1.165, 1.54) is 4.90 Å². The Labute approximate surface area is 105 Å². The number of hydrazine groups is 1. The summed E-state index contributed by atoms with van der Waals surface area (Å²) in [5.41, 5.74) is 4.91. The van der Waals surface area contributed by atoms with Crippen LogP contribution in [0.3, 0.4) is 0 Å². The monoisotopic (exact) mass is 248 g/mol. The van der Waals surface area contributed by atoms with Gasteiger partial charge in [0.1, 0.15) is 0 Å². The normalized spacial score (nSPS) is 12.6. The first-order chi connectivity index (χ1) is 8.26. The highest BCUT2D eigenvalue weighted by molar-refractivity contribution is 7.98. The molecule has 4 nitrogen and oxygen atoms in total. The van der Waals surface area contributed by atoms with Gasteiger partial charge < -0.3 is 0 Å². The van der Waals surface area contributed by atoms with Crippen molar-refractivity contribution in [2.75, 3.05) is 6.26 Å². The highest BCUT2D eigenvalue weighted by Gasteiger charge is 2.17. The summed E-state index contributed by atoms with van der Waals surface area (Å²) < 4.78 is 1.78. The average Bonchev–Trinajstić information content (AvgIpc) is 2.77. The lowest BCUT2D eigenvalue weighted by Gasteiger charge is -2.16. The fourth-order valence-electron chi connectivity index (χ4n) is 1.83. The van der Waals surface area contributed by atoms with E-state index in [2.05, 4.69) is 28.9 Å². The molecule has 0 spiro atoms. The first-order valence-corrected chi connectivity index (χ1v) is 6.57. The average molecular weight is 248 g/mol. The van der Waals surface area contributed by atoms with E-state index in [4.69, 9.17) is 5.84 Å². The van der Waals surface area contributed by atoms with Crippen molar-refractivity contribution in [1.29, 1.82) is 0 Å². The van der Waals surface area contributed by atoms with Gasteiger partial charge in [0, 0.05) is 18.1 Å². The molecule has 0 aliphatic heterocycles. The Kier molecular flexibility index (Phi) is 3.83. The molecule has 90 valence electrons. The van der Waals surface area contributed by atoms with Gasteiger partial charge in [0.25, 0.3) is 0 Å². The number of hydrogen-bond acceptors (Lipinski definition) is 4. The van der Waals surface area contributed by atoms with Crippen LogP contribution in [-0.4, -0.2) is 16.0 Å². The molecule has 1 aromatic carbocycles. The van der Waals surface area contributed by atoms with Crippen molar-refractivity contribution in [2.45, 2.75) is 10.9 Å². The smallest absolute Gasteiger partial charge is 0.0910 e. The molecule has 1 unspecified atom stereocenters. The third-order valence-electron chi connectivity index (χ3n) is 2.65. The second-order valence-corrected chi connectivity index (χ2v) is 4.60. The number of thioether (sulfide) groups is 1. The quantitative estimate of drug-likeness (QED) is 0.491. The van der Waals surface area contributed by atoms with Crippen molar-refractivity contribution in [1.82, 2.24) is 15.2 Å². The van der Waals surface area contributed by atoms with Gasteiger partial charge in [-0.3, -0.25) is 10.5 Å². The van der Waals surface area contributed by atoms with E-state index in [9.17, 15) is 0 Å². The summed E-state index contributed by atoms with van der Waals surface area (Å²) in [5, 5.41) is 4.40. The van der Waals surface area contributed by atoms with Gasteiger partial charge in [-0.2, -0.15) is 5.10 Å². The lowest BCUT2D eigenvalue weighted by Crippen LogP contribution is -2.29. The number of aryl methyl sites for hydroxylation is 1. The molecule has 5 heteroatoms. The fourth-order valence-corrected chi connectivity index (χ4v) is 2.46. The maximum Gasteiger partial charge on any atom is 0.0910 e. The molecule has 2 rings (SSSR count). The van der Waals surface area contributed by atoms with Crippen LogP contribution in [0.2, 0.25) is 0 Å². The van der Waals surface area contributed by atoms with E-state index in [1.807, 2.05) is 31.4 Å². The summed E-state index contributed by atoms with van der Waals surface area (Å²) in [7, 11) is 1.90. The van der Waals surface area contributed by atoms with Crippen LogP contribution in [-0.2, 0) is 7.05 Å². The maximum absolute atomic E-state index is 5.66. The predicted molar refractivity (Wildman–Crippen MR) is 70.6 cm³/mol. The molecule has 0 amide bonds. The van der Waals surface area contributed by atoms with Crippen LogP contribution in [0.5, 0.6) is 0 Å². The van der Waals surface area contributed by atoms with Crippen LogP contribution in [0.15, 0.2) is 41.4 Å². The minimum absolute atomic E-state index is 0.0696. The molecule has 0 saturated carbocycles. The molecular formula is C12H16N4S. The number of nitrogens with two attached hydrogens (primary N) is 1. The summed E-state index contributed by atoms with van der Waals surface area (Å²) in [6, 6.07) is 10.1. The number of hydrogen-bond donors (Lipinski definition) is 2. The van der Waals surface area contributed by atoms with Gasteiger partial charge in [-0.25, -0.2) is 5.43 Å². The van der Waals surface area contributed by atoms with Crippen LogP contribution >= 0.6 is 11.8 Å². The Bertz CT molecular complexity index is 495. The highest BCUT2D eigenvalue weighted by atomic mass is 32.2. The summed E-state index contributed by atoms with van der Waals surface area (Å²) >= 11 is 1.71. The molecule has 0 radical (unpaired) electrons. The first kappa shape index (κ1) is 12.2. The van der Waals surface area contributed by atoms with Crippen LogP contribution in [0, 0.1) is 0 Å². The summed E-state index contributed by atoms with van der Waals surface area (Å²) in [6.45, 7) is 0. The highest BCUT2D eigenvalue weighted by Crippen LogP contribution is 2.28. The van der Waals surface area contributed by atoms with Crippen LogP contribution in [0.25, 0.3) is 0 Å². The Hall–Kier alpha value is -1.30. The maximum atomic E-state index is 5.66. The molecule has 0 aliphatic carbocycles. The molecule has 0 aliphatic rings. The molecule has 1 aromatic heterocycles. The zero-order valence-electron chi connectivity index (χ0n) is 9.92. The van der Waals surface area contributed by atoms with Gasteiger partial charge in [-0.05, 0) is 24.0 Å². The Morgan fingerprint density at radius 3 is 2.71 bits per heavy atom. The second kappa shape index (κ2) is 5.35. The number of nitrogens with zero attached hydrogens (tertiary/aromatic N) is 2. The minimum atomic E-state index is -0.0696. The molecule has 0 saturated heterocycles. The fraction of sp³-hybridized carbons (Fsp3) is 0.250. The number of benzene rings is 1. The topological polar surface area (TPSA) is 55.9 Å². The van der Waals surface area contributed by atoms with E-state index in [-0.39, 0.29) is 6.04 Å². The lowest BCUT2D eigenvalue weighted by atomic mass is 10.0. The number of aromatic nitrogens is 2. The van der Waals surface area contributed by atoms with Gasteiger partial charge >= 0.3 is 0 Å². The van der Waals surface area contributed by atoms with Crippen LogP contribution < -0.4 is 11.3 Å². The van der Waals surface area contributed by atoms with Crippen molar-refractivity contribution in [3.8, 4) is 0 Å². The SMILES string of the molecule is CSc1ccccc1C(NN)c1ccn(C)n1. The summed E-state index contributed by atoms with van der Waals surface area (Å²) in [5.74, 6) is 5.66. The molecule has 0 bridgehead atoms. The number of nitrogens with one attached hydrogen (secondary N) is 1. The third kappa shape index (κ3) is 2.52. The molecule has 2 aromatic rings. The number of rotatable bonds is 4. The van der Waals surface area contributed by atoms with Gasteiger partial charge in [0.15, 0.2) is 0 Å². The van der Waals surface area contributed by atoms with E-state index in [0.29, 0.717) is 0 Å². The third-order valence-corrected chi connectivity index (χ3v) is 3.46. The van der Waals surface area contributed by atoms with Crippen LogP contribution in [0.4, 0.5) is 0 Å². The Balaban J connectivity index is 2.41. The Morgan fingerprint density at radius 1 is 1.35 bits per heavy atom. The van der Waals surface area contributed by atoms with E-state index >= 15 is 0 Å². The Morgan fingerprint density at radius 2 is 2.12 bits per heavy atom. The van der Waals surface area contributed by atoms with E-state index < -0.39 is 0 Å². The van der Waals surface area contributed by atoms with Gasteiger partial charge in [-0.15, -0.1) is 11.8 Å². The van der Waals surface area contributed by atoms with Gasteiger partial charge in [0.05, 0.1) is 11.7 Å². The summed E-state index contributed by atoms with van der Waals surface area (Å²) in [4.78, 5) is 1.21. The standard InChI is InChI=1S/C12H16N4S/c1-16-8-7-10(15-16)12(14-13)9-5-3-4-6-11(9)17-2/h3-8,12,14H,13H2,1-2H3. The molecule has 0 fully saturated rings. The zero-order valence-corrected chi connectivity index (χ0v) is 10.7. The zero-order chi connectivity index (χ0) is 12.3. The summed E-state index contributed by atoms with van der Waals surface area (Å²) in [6.07, 6.45) is 3.98. The molecule has 1 heterocycles. The molecule has 17 heavy (non-hydrogen) atoms. The molecular weight excluding hydrogens is 232 g/mol. The second-order valence-electron chi connectivity index (χ2n) is 3.76.